The molecule has 150 valence electrons. The molecule has 1 amide bonds. The average molecular weight is 423 g/mol. The summed E-state index contributed by atoms with van der Waals surface area (Å²) in [4.78, 5) is 16.6. The zero-order valence-corrected chi connectivity index (χ0v) is 17.0. The van der Waals surface area contributed by atoms with Crippen LogP contribution in [0.4, 0.5) is 0 Å². The van der Waals surface area contributed by atoms with Crippen LogP contribution in [0.15, 0.2) is 20.2 Å². The molecule has 0 spiro atoms. The molecule has 3 heterocycles. The van der Waals surface area contributed by atoms with E-state index in [4.69, 9.17) is 4.52 Å². The molecule has 10 heteroatoms. The Morgan fingerprint density at radius 2 is 1.93 bits per heavy atom. The summed E-state index contributed by atoms with van der Waals surface area (Å²) in [6.07, 6.45) is 5.38. The zero-order valence-electron chi connectivity index (χ0n) is 15.3. The number of nitrogens with one attached hydrogen (secondary N) is 1. The molecule has 0 atom stereocenters. The summed E-state index contributed by atoms with van der Waals surface area (Å²) >= 11 is 1.17. The first-order chi connectivity index (χ1) is 13.5. The van der Waals surface area contributed by atoms with Crippen molar-refractivity contribution in [3.05, 3.63) is 17.3 Å². The second kappa shape index (κ2) is 6.93. The van der Waals surface area contributed by atoms with Gasteiger partial charge in [-0.25, -0.2) is 8.42 Å². The number of hydrogen-bond acceptors (Lipinski definition) is 7. The number of sulfonamides is 1. The van der Waals surface area contributed by atoms with Crippen molar-refractivity contribution in [2.45, 2.75) is 54.7 Å². The fourth-order valence-corrected chi connectivity index (χ4v) is 6.23. The van der Waals surface area contributed by atoms with Gasteiger partial charge in [-0.05, 0) is 44.6 Å². The van der Waals surface area contributed by atoms with Crippen LogP contribution >= 0.6 is 11.3 Å². The highest BCUT2D eigenvalue weighted by Crippen LogP contribution is 2.40. The lowest BCUT2D eigenvalue weighted by Crippen LogP contribution is -2.43. The first-order valence-electron chi connectivity index (χ1n) is 9.74. The number of carbonyl (C=O) groups excluding carboxylic acids is 1. The quantitative estimate of drug-likeness (QED) is 0.766. The van der Waals surface area contributed by atoms with Crippen LogP contribution in [0.2, 0.25) is 0 Å². The van der Waals surface area contributed by atoms with E-state index in [1.165, 1.54) is 15.6 Å². The highest BCUT2D eigenvalue weighted by molar-refractivity contribution is 7.91. The molecule has 8 nitrogen and oxygen atoms in total. The Labute approximate surface area is 167 Å². The predicted molar refractivity (Wildman–Crippen MR) is 102 cm³/mol. The molecule has 3 aliphatic rings. The van der Waals surface area contributed by atoms with Gasteiger partial charge in [0.05, 0.1) is 0 Å². The van der Waals surface area contributed by atoms with E-state index in [9.17, 15) is 13.2 Å². The van der Waals surface area contributed by atoms with Crippen molar-refractivity contribution in [2.75, 3.05) is 13.1 Å². The first-order valence-corrected chi connectivity index (χ1v) is 12.1. The molecule has 0 unspecified atom stereocenters. The lowest BCUT2D eigenvalue weighted by Gasteiger charge is -2.30. The summed E-state index contributed by atoms with van der Waals surface area (Å²) in [6, 6.07) is 1.96. The Morgan fingerprint density at radius 3 is 2.61 bits per heavy atom. The van der Waals surface area contributed by atoms with E-state index in [-0.39, 0.29) is 16.0 Å². The molecule has 1 N–H and O–H groups in total. The minimum atomic E-state index is -3.57. The van der Waals surface area contributed by atoms with Crippen molar-refractivity contribution in [1.82, 2.24) is 19.8 Å². The van der Waals surface area contributed by atoms with Crippen LogP contribution in [0.25, 0.3) is 11.4 Å². The topological polar surface area (TPSA) is 105 Å². The monoisotopic (exact) mass is 422 g/mol. The van der Waals surface area contributed by atoms with Gasteiger partial charge in [0.1, 0.15) is 4.21 Å². The SMILES string of the molecule is O=C(NC1CC1)C1CCN(S(=O)(=O)c2cc(-c3noc(C4CC4)n3)cs2)CC1. The van der Waals surface area contributed by atoms with Gasteiger partial charge in [0.15, 0.2) is 0 Å². The Bertz CT molecular complexity index is 983. The van der Waals surface area contributed by atoms with Gasteiger partial charge >= 0.3 is 0 Å². The summed E-state index contributed by atoms with van der Waals surface area (Å²) < 4.78 is 33.0. The molecule has 2 aliphatic carbocycles. The normalized spacial score (nSPS) is 21.7. The number of nitrogens with zero attached hydrogens (tertiary/aromatic N) is 3. The number of thiophene rings is 1. The van der Waals surface area contributed by atoms with Crippen molar-refractivity contribution in [3.63, 3.8) is 0 Å². The minimum absolute atomic E-state index is 0.0709. The number of aromatic nitrogens is 2. The van der Waals surface area contributed by atoms with E-state index in [1.54, 1.807) is 11.4 Å². The lowest BCUT2D eigenvalue weighted by atomic mass is 9.97. The van der Waals surface area contributed by atoms with Crippen molar-refractivity contribution < 1.29 is 17.7 Å². The summed E-state index contributed by atoms with van der Waals surface area (Å²) in [5.41, 5.74) is 0.665. The average Bonchev–Trinajstić information content (AvgIpc) is 3.60. The van der Waals surface area contributed by atoms with Crippen LogP contribution in [0, 0.1) is 5.92 Å². The maximum Gasteiger partial charge on any atom is 0.252 e. The third-order valence-corrected chi connectivity index (χ3v) is 8.86. The van der Waals surface area contributed by atoms with Crippen LogP contribution in [0.5, 0.6) is 0 Å². The third-order valence-electron chi connectivity index (χ3n) is 5.54. The Morgan fingerprint density at radius 1 is 1.18 bits per heavy atom. The van der Waals surface area contributed by atoms with Crippen LogP contribution in [-0.2, 0) is 14.8 Å². The van der Waals surface area contributed by atoms with E-state index in [2.05, 4.69) is 15.5 Å². The summed E-state index contributed by atoms with van der Waals surface area (Å²) in [7, 11) is -3.57. The van der Waals surface area contributed by atoms with Gasteiger partial charge in [0.2, 0.25) is 17.6 Å². The van der Waals surface area contributed by atoms with Crippen LogP contribution in [0.1, 0.15) is 50.3 Å². The standard InChI is InChI=1S/C18H22N4O4S2/c23-17(19-14-3-4-14)11-5-7-22(8-6-11)28(24,25)15-9-13(10-27-15)16-20-18(26-21-16)12-1-2-12/h9-12,14H,1-8H2,(H,19,23). The molecular weight excluding hydrogens is 400 g/mol. The van der Waals surface area contributed by atoms with Gasteiger partial charge in [-0.3, -0.25) is 4.79 Å². The van der Waals surface area contributed by atoms with Gasteiger partial charge in [0, 0.05) is 41.9 Å². The smallest absolute Gasteiger partial charge is 0.252 e. The molecule has 1 saturated heterocycles. The Hall–Kier alpha value is -1.78. The van der Waals surface area contributed by atoms with Gasteiger partial charge in [-0.1, -0.05) is 5.16 Å². The predicted octanol–water partition coefficient (Wildman–Crippen LogP) is 2.35. The van der Waals surface area contributed by atoms with Gasteiger partial charge in [-0.15, -0.1) is 11.3 Å². The van der Waals surface area contributed by atoms with Crippen LogP contribution in [-0.4, -0.2) is 47.9 Å². The number of rotatable bonds is 6. The van der Waals surface area contributed by atoms with E-state index < -0.39 is 10.0 Å². The maximum atomic E-state index is 13.0. The number of hydrogen-bond donors (Lipinski definition) is 1. The fraction of sp³-hybridized carbons (Fsp3) is 0.611. The molecule has 0 radical (unpaired) electrons. The Balaban J connectivity index is 1.25. The highest BCUT2D eigenvalue weighted by Gasteiger charge is 2.35. The van der Waals surface area contributed by atoms with Crippen LogP contribution in [0.3, 0.4) is 0 Å². The largest absolute Gasteiger partial charge is 0.353 e. The second-order valence-electron chi connectivity index (χ2n) is 7.85. The van der Waals surface area contributed by atoms with E-state index in [0.29, 0.717) is 55.2 Å². The van der Waals surface area contributed by atoms with E-state index >= 15 is 0 Å². The van der Waals surface area contributed by atoms with Crippen molar-refractivity contribution in [3.8, 4) is 11.4 Å². The minimum Gasteiger partial charge on any atom is -0.353 e. The highest BCUT2D eigenvalue weighted by atomic mass is 32.2. The van der Waals surface area contributed by atoms with Gasteiger partial charge in [0.25, 0.3) is 10.0 Å². The molecule has 28 heavy (non-hydrogen) atoms. The summed E-state index contributed by atoms with van der Waals surface area (Å²) in [5.74, 6) is 1.42. The molecule has 2 aromatic heterocycles. The lowest BCUT2D eigenvalue weighted by molar-refractivity contribution is -0.126. The fourth-order valence-electron chi connectivity index (χ4n) is 3.45. The number of piperidine rings is 1. The summed E-state index contributed by atoms with van der Waals surface area (Å²) in [5, 5.41) is 8.75. The van der Waals surface area contributed by atoms with Gasteiger partial charge in [-0.2, -0.15) is 9.29 Å². The number of amides is 1. The van der Waals surface area contributed by atoms with Crippen molar-refractivity contribution in [2.24, 2.45) is 5.92 Å². The summed E-state index contributed by atoms with van der Waals surface area (Å²) in [6.45, 7) is 0.735. The molecule has 1 aliphatic heterocycles. The van der Waals surface area contributed by atoms with E-state index in [1.807, 2.05) is 0 Å². The first kappa shape index (κ1) is 18.3. The van der Waals surface area contributed by atoms with E-state index in [0.717, 1.165) is 25.7 Å². The second-order valence-corrected chi connectivity index (χ2v) is 10.9. The third kappa shape index (κ3) is 3.60. The molecule has 2 saturated carbocycles. The number of carbonyl (C=O) groups is 1. The van der Waals surface area contributed by atoms with Crippen LogP contribution < -0.4 is 5.32 Å². The molecule has 3 fully saturated rings. The molecular formula is C18H22N4O4S2. The van der Waals surface area contributed by atoms with Crippen molar-refractivity contribution >= 4 is 27.3 Å². The molecule has 0 aromatic carbocycles. The van der Waals surface area contributed by atoms with Gasteiger partial charge < -0.3 is 9.84 Å². The zero-order chi connectivity index (χ0) is 19.3. The van der Waals surface area contributed by atoms with Crippen molar-refractivity contribution in [1.29, 1.82) is 0 Å². The Kier molecular flexibility index (Phi) is 4.52. The molecule has 0 bridgehead atoms. The molecule has 2 aromatic rings. The molecule has 5 rings (SSSR count). The maximum absolute atomic E-state index is 13.0.